The Morgan fingerprint density at radius 2 is 0.704 bits per heavy atom. The Labute approximate surface area is 339 Å². The lowest BCUT2D eigenvalue weighted by Crippen LogP contribution is -2.45. The summed E-state index contributed by atoms with van der Waals surface area (Å²) < 4.78 is 0. The van der Waals surface area contributed by atoms with Crippen molar-refractivity contribution >= 4 is 5.91 Å². The van der Waals surface area contributed by atoms with Crippen molar-refractivity contribution in [1.82, 2.24) is 5.32 Å². The summed E-state index contributed by atoms with van der Waals surface area (Å²) in [5.41, 5.74) is 0. The van der Waals surface area contributed by atoms with Crippen LogP contribution in [0.5, 0.6) is 0 Å². The molecule has 0 aromatic heterocycles. The molecule has 0 spiro atoms. The van der Waals surface area contributed by atoms with Crippen molar-refractivity contribution < 1.29 is 15.0 Å². The van der Waals surface area contributed by atoms with Gasteiger partial charge in [-0.25, -0.2) is 0 Å². The number of rotatable bonds is 45. The molecule has 0 rings (SSSR count). The molecule has 0 aliphatic carbocycles. The van der Waals surface area contributed by atoms with Crippen LogP contribution in [0, 0.1) is 0 Å². The fraction of sp³-hybridized carbons (Fsp3) is 0.900. The molecule has 0 aromatic carbocycles. The van der Waals surface area contributed by atoms with Crippen LogP contribution in [-0.2, 0) is 4.79 Å². The highest BCUT2D eigenvalue weighted by atomic mass is 16.3. The van der Waals surface area contributed by atoms with Gasteiger partial charge in [-0.2, -0.15) is 0 Å². The van der Waals surface area contributed by atoms with Gasteiger partial charge in [0.1, 0.15) is 0 Å². The summed E-state index contributed by atoms with van der Waals surface area (Å²) in [7, 11) is 0. The predicted molar refractivity (Wildman–Crippen MR) is 239 cm³/mol. The van der Waals surface area contributed by atoms with E-state index in [0.29, 0.717) is 6.42 Å². The first kappa shape index (κ1) is 52.9. The lowest BCUT2D eigenvalue weighted by atomic mass is 10.0. The van der Waals surface area contributed by atoms with E-state index in [1.807, 2.05) is 6.08 Å². The van der Waals surface area contributed by atoms with E-state index in [1.165, 1.54) is 225 Å². The molecular formula is C50H97NO3. The molecule has 2 unspecified atom stereocenters. The van der Waals surface area contributed by atoms with E-state index >= 15 is 0 Å². The summed E-state index contributed by atoms with van der Waals surface area (Å²) in [6, 6.07) is -0.620. The quantitative estimate of drug-likeness (QED) is 0.0428. The first-order chi connectivity index (χ1) is 26.7. The van der Waals surface area contributed by atoms with Crippen molar-refractivity contribution in [3.8, 4) is 0 Å². The van der Waals surface area contributed by atoms with Crippen LogP contribution in [0.25, 0.3) is 0 Å². The lowest BCUT2D eigenvalue weighted by molar-refractivity contribution is -0.123. The molecule has 2 atom stereocenters. The molecule has 0 saturated carbocycles. The summed E-state index contributed by atoms with van der Waals surface area (Å²) in [5.74, 6) is -0.0614. The molecule has 0 saturated heterocycles. The molecule has 4 heteroatoms. The first-order valence-electron chi connectivity index (χ1n) is 24.6. The zero-order valence-corrected chi connectivity index (χ0v) is 36.8. The fourth-order valence-corrected chi connectivity index (χ4v) is 7.65. The number of hydrogen-bond acceptors (Lipinski definition) is 3. The van der Waals surface area contributed by atoms with Crippen molar-refractivity contribution in [3.63, 3.8) is 0 Å². The van der Waals surface area contributed by atoms with Crippen molar-refractivity contribution in [1.29, 1.82) is 0 Å². The van der Waals surface area contributed by atoms with Gasteiger partial charge in [-0.05, 0) is 44.9 Å². The average molecular weight is 760 g/mol. The minimum atomic E-state index is -0.837. The van der Waals surface area contributed by atoms with E-state index in [4.69, 9.17) is 0 Å². The largest absolute Gasteiger partial charge is 0.394 e. The van der Waals surface area contributed by atoms with Crippen LogP contribution in [0.3, 0.4) is 0 Å². The highest BCUT2D eigenvalue weighted by molar-refractivity contribution is 5.76. The molecule has 0 aromatic rings. The van der Waals surface area contributed by atoms with Crippen LogP contribution < -0.4 is 5.32 Å². The van der Waals surface area contributed by atoms with Crippen LogP contribution in [0.15, 0.2) is 24.3 Å². The minimum absolute atomic E-state index is 0.0614. The molecule has 4 nitrogen and oxygen atoms in total. The van der Waals surface area contributed by atoms with Gasteiger partial charge in [-0.3, -0.25) is 4.79 Å². The fourth-order valence-electron chi connectivity index (χ4n) is 7.65. The number of unbranched alkanes of at least 4 members (excludes halogenated alkanes) is 36. The molecule has 1 amide bonds. The summed E-state index contributed by atoms with van der Waals surface area (Å²) >= 11 is 0. The van der Waals surface area contributed by atoms with Gasteiger partial charge in [0.25, 0.3) is 0 Å². The van der Waals surface area contributed by atoms with Crippen LogP contribution in [-0.4, -0.2) is 34.9 Å². The van der Waals surface area contributed by atoms with Gasteiger partial charge < -0.3 is 15.5 Å². The topological polar surface area (TPSA) is 69.6 Å². The molecular weight excluding hydrogens is 663 g/mol. The number of carbonyl (C=O) groups is 1. The van der Waals surface area contributed by atoms with E-state index < -0.39 is 12.1 Å². The third kappa shape index (κ3) is 42.0. The van der Waals surface area contributed by atoms with Gasteiger partial charge in [0.2, 0.25) is 5.91 Å². The van der Waals surface area contributed by atoms with E-state index in [0.717, 1.165) is 25.7 Å². The number of hydrogen-bond donors (Lipinski definition) is 3. The lowest BCUT2D eigenvalue weighted by Gasteiger charge is -2.20. The van der Waals surface area contributed by atoms with Crippen LogP contribution >= 0.6 is 0 Å². The SMILES string of the molecule is CCCCCCCCCC/C=C\CCCCCCCCCCCCCC(=O)NC(CO)C(O)/C=C/CCCCCCCCCCCCCCCCCCC. The minimum Gasteiger partial charge on any atom is -0.394 e. The molecule has 0 aliphatic rings. The molecule has 0 fully saturated rings. The Kier molecular flexibility index (Phi) is 45.3. The highest BCUT2D eigenvalue weighted by Gasteiger charge is 2.18. The molecule has 54 heavy (non-hydrogen) atoms. The maximum absolute atomic E-state index is 12.4. The Morgan fingerprint density at radius 1 is 0.426 bits per heavy atom. The second-order valence-electron chi connectivity index (χ2n) is 16.9. The zero-order chi connectivity index (χ0) is 39.3. The first-order valence-corrected chi connectivity index (χ1v) is 24.6. The second-order valence-corrected chi connectivity index (χ2v) is 16.9. The molecule has 320 valence electrons. The van der Waals surface area contributed by atoms with Gasteiger partial charge in [0.05, 0.1) is 18.8 Å². The van der Waals surface area contributed by atoms with E-state index in [-0.39, 0.29) is 12.5 Å². The normalized spacial score (nSPS) is 13.0. The number of aliphatic hydroxyl groups is 2. The Hall–Kier alpha value is -1.13. The molecule has 0 bridgehead atoms. The predicted octanol–water partition coefficient (Wildman–Crippen LogP) is 15.6. The maximum atomic E-state index is 12.4. The monoisotopic (exact) mass is 760 g/mol. The van der Waals surface area contributed by atoms with Crippen LogP contribution in [0.4, 0.5) is 0 Å². The molecule has 0 radical (unpaired) electrons. The Bertz CT molecular complexity index is 780. The van der Waals surface area contributed by atoms with Crippen molar-refractivity contribution in [3.05, 3.63) is 24.3 Å². The third-order valence-corrected chi connectivity index (χ3v) is 11.4. The highest BCUT2D eigenvalue weighted by Crippen LogP contribution is 2.16. The summed E-state index contributed by atoms with van der Waals surface area (Å²) in [6.07, 6.45) is 60.2. The van der Waals surface area contributed by atoms with E-state index in [1.54, 1.807) is 6.08 Å². The average Bonchev–Trinajstić information content (AvgIpc) is 3.18. The van der Waals surface area contributed by atoms with Gasteiger partial charge >= 0.3 is 0 Å². The van der Waals surface area contributed by atoms with E-state index in [9.17, 15) is 15.0 Å². The van der Waals surface area contributed by atoms with Gasteiger partial charge in [0, 0.05) is 6.42 Å². The molecule has 0 heterocycles. The van der Waals surface area contributed by atoms with Gasteiger partial charge in [-0.1, -0.05) is 244 Å². The molecule has 3 N–H and O–H groups in total. The number of allylic oxidation sites excluding steroid dienone is 3. The second kappa shape index (κ2) is 46.3. The smallest absolute Gasteiger partial charge is 0.220 e. The number of amides is 1. The van der Waals surface area contributed by atoms with Crippen LogP contribution in [0.1, 0.15) is 271 Å². The zero-order valence-electron chi connectivity index (χ0n) is 36.8. The Morgan fingerprint density at radius 3 is 1.02 bits per heavy atom. The van der Waals surface area contributed by atoms with Crippen molar-refractivity contribution in [2.24, 2.45) is 0 Å². The van der Waals surface area contributed by atoms with Gasteiger partial charge in [-0.15, -0.1) is 0 Å². The third-order valence-electron chi connectivity index (χ3n) is 11.4. The summed E-state index contributed by atoms with van der Waals surface area (Å²) in [5, 5.41) is 23.1. The number of aliphatic hydroxyl groups excluding tert-OH is 2. The Balaban J connectivity index is 3.51. The molecule has 0 aliphatic heterocycles. The standard InChI is InChI=1S/C50H97NO3/c1-3-5-7-9-11-13-15-17-19-21-23-24-25-26-28-30-32-34-36-38-40-42-44-46-50(54)51-48(47-52)49(53)45-43-41-39-37-35-33-31-29-27-22-20-18-16-14-12-10-8-6-4-2/h21,23,43,45,48-49,52-53H,3-20,22,24-42,44,46-47H2,1-2H3,(H,51,54)/b23-21-,45-43+. The summed E-state index contributed by atoms with van der Waals surface area (Å²) in [6.45, 7) is 4.33. The van der Waals surface area contributed by atoms with Crippen molar-refractivity contribution in [2.75, 3.05) is 6.61 Å². The number of carbonyl (C=O) groups excluding carboxylic acids is 1. The van der Waals surface area contributed by atoms with Gasteiger partial charge in [0.15, 0.2) is 0 Å². The van der Waals surface area contributed by atoms with E-state index in [2.05, 4.69) is 31.3 Å². The summed E-state index contributed by atoms with van der Waals surface area (Å²) in [4.78, 5) is 12.4. The number of nitrogens with one attached hydrogen (secondary N) is 1. The maximum Gasteiger partial charge on any atom is 0.220 e. The van der Waals surface area contributed by atoms with Crippen LogP contribution in [0.2, 0.25) is 0 Å². The van der Waals surface area contributed by atoms with Crippen molar-refractivity contribution in [2.45, 2.75) is 283 Å².